The molecule has 0 radical (unpaired) electrons. The molecule has 0 heterocycles. The molecule has 1 amide bonds. The summed E-state index contributed by atoms with van der Waals surface area (Å²) >= 11 is 0. The van der Waals surface area contributed by atoms with Gasteiger partial charge in [-0.1, -0.05) is 35.5 Å². The van der Waals surface area contributed by atoms with E-state index in [-0.39, 0.29) is 6.61 Å². The Hall–Kier alpha value is -2.04. The molecule has 5 heteroatoms. The third-order valence-electron chi connectivity index (χ3n) is 1.90. The van der Waals surface area contributed by atoms with Crippen LogP contribution in [-0.4, -0.2) is 18.3 Å². The minimum absolute atomic E-state index is 0.244. The molecule has 0 saturated carbocycles. The maximum absolute atomic E-state index is 10.3. The number of amides is 1. The lowest BCUT2D eigenvalue weighted by molar-refractivity contribution is -0.122. The number of nitrogens with two attached hydrogens (primary N) is 2. The van der Waals surface area contributed by atoms with E-state index >= 15 is 0 Å². The number of carbonyl (C=O) groups excluding carboxylic acids is 1. The fraction of sp³-hybridized carbons (Fsp3) is 0.273. The van der Waals surface area contributed by atoms with Crippen molar-refractivity contribution < 1.29 is 9.63 Å². The van der Waals surface area contributed by atoms with Crippen LogP contribution in [0.25, 0.3) is 0 Å². The van der Waals surface area contributed by atoms with E-state index in [1.165, 1.54) is 5.56 Å². The van der Waals surface area contributed by atoms with Gasteiger partial charge >= 0.3 is 0 Å². The van der Waals surface area contributed by atoms with Crippen LogP contribution in [0.5, 0.6) is 0 Å². The van der Waals surface area contributed by atoms with Crippen molar-refractivity contribution in [2.75, 3.05) is 6.61 Å². The van der Waals surface area contributed by atoms with Crippen molar-refractivity contribution in [2.24, 2.45) is 16.6 Å². The molecule has 16 heavy (non-hydrogen) atoms. The molecule has 0 unspecified atom stereocenters. The number of hydrogen-bond donors (Lipinski definition) is 2. The van der Waals surface area contributed by atoms with E-state index in [1.807, 2.05) is 30.3 Å². The number of rotatable bonds is 6. The number of carbonyl (C=O) groups is 1. The van der Waals surface area contributed by atoms with Gasteiger partial charge < -0.3 is 16.3 Å². The van der Waals surface area contributed by atoms with Gasteiger partial charge in [0.15, 0.2) is 6.61 Å². The third kappa shape index (κ3) is 4.99. The predicted octanol–water partition coefficient (Wildman–Crippen LogP) is 0.393. The molecular formula is C11H15N3O2. The number of hydrogen-bond acceptors (Lipinski definition) is 3. The highest BCUT2D eigenvalue weighted by Crippen LogP contribution is 2.02. The minimum Gasteiger partial charge on any atom is -0.384 e. The number of nitrogens with zero attached hydrogens (tertiary/aromatic N) is 1. The van der Waals surface area contributed by atoms with Crippen LogP contribution in [0.1, 0.15) is 12.0 Å². The Kier molecular flexibility index (Phi) is 4.85. The van der Waals surface area contributed by atoms with E-state index in [4.69, 9.17) is 11.5 Å². The van der Waals surface area contributed by atoms with Gasteiger partial charge in [-0.2, -0.15) is 0 Å². The van der Waals surface area contributed by atoms with Crippen LogP contribution in [0.2, 0.25) is 0 Å². The molecular weight excluding hydrogens is 206 g/mol. The lowest BCUT2D eigenvalue weighted by Gasteiger charge is -2.01. The van der Waals surface area contributed by atoms with Crippen molar-refractivity contribution in [1.29, 1.82) is 0 Å². The summed E-state index contributed by atoms with van der Waals surface area (Å²) < 4.78 is 0. The van der Waals surface area contributed by atoms with Crippen LogP contribution in [0.3, 0.4) is 0 Å². The molecule has 0 aromatic heterocycles. The maximum atomic E-state index is 10.3. The van der Waals surface area contributed by atoms with E-state index in [0.717, 1.165) is 6.42 Å². The molecule has 1 aromatic rings. The number of primary amides is 1. The predicted molar refractivity (Wildman–Crippen MR) is 61.5 cm³/mol. The van der Waals surface area contributed by atoms with E-state index in [1.54, 1.807) is 0 Å². The lowest BCUT2D eigenvalue weighted by Crippen LogP contribution is -2.19. The van der Waals surface area contributed by atoms with Crippen molar-refractivity contribution in [1.82, 2.24) is 0 Å². The highest BCUT2D eigenvalue weighted by Gasteiger charge is 1.97. The average Bonchev–Trinajstić information content (AvgIpc) is 2.27. The van der Waals surface area contributed by atoms with Crippen molar-refractivity contribution in [2.45, 2.75) is 12.8 Å². The van der Waals surface area contributed by atoms with Crippen LogP contribution in [0.4, 0.5) is 0 Å². The molecule has 0 aliphatic heterocycles. The molecule has 0 bridgehead atoms. The van der Waals surface area contributed by atoms with Crippen molar-refractivity contribution >= 4 is 11.7 Å². The number of benzene rings is 1. The summed E-state index contributed by atoms with van der Waals surface area (Å²) in [4.78, 5) is 15.0. The molecule has 5 nitrogen and oxygen atoms in total. The van der Waals surface area contributed by atoms with Gasteiger partial charge in [0.05, 0.1) is 0 Å². The van der Waals surface area contributed by atoms with E-state index < -0.39 is 5.91 Å². The maximum Gasteiger partial charge on any atom is 0.258 e. The van der Waals surface area contributed by atoms with Gasteiger partial charge in [-0.25, -0.2) is 0 Å². The summed E-state index contributed by atoms with van der Waals surface area (Å²) in [5, 5.41) is 3.57. The Labute approximate surface area is 94.1 Å². The first-order valence-corrected chi connectivity index (χ1v) is 4.95. The van der Waals surface area contributed by atoms with Crippen molar-refractivity contribution in [3.8, 4) is 0 Å². The Morgan fingerprint density at radius 1 is 1.25 bits per heavy atom. The number of oxime groups is 1. The number of amidine groups is 1. The van der Waals surface area contributed by atoms with Crippen LogP contribution in [0.15, 0.2) is 35.5 Å². The fourth-order valence-electron chi connectivity index (χ4n) is 1.14. The molecule has 0 aliphatic carbocycles. The fourth-order valence-corrected chi connectivity index (χ4v) is 1.14. The summed E-state index contributed by atoms with van der Waals surface area (Å²) in [6, 6.07) is 9.91. The molecule has 4 N–H and O–H groups in total. The molecule has 0 atom stereocenters. The Morgan fingerprint density at radius 3 is 2.56 bits per heavy atom. The van der Waals surface area contributed by atoms with Gasteiger partial charge in [0.25, 0.3) is 5.91 Å². The molecule has 0 spiro atoms. The monoisotopic (exact) mass is 221 g/mol. The summed E-state index contributed by atoms with van der Waals surface area (Å²) in [6.45, 7) is -0.244. The van der Waals surface area contributed by atoms with Gasteiger partial charge in [0.1, 0.15) is 5.84 Å². The van der Waals surface area contributed by atoms with E-state index in [9.17, 15) is 4.79 Å². The second-order valence-corrected chi connectivity index (χ2v) is 3.31. The third-order valence-corrected chi connectivity index (χ3v) is 1.90. The van der Waals surface area contributed by atoms with Crippen molar-refractivity contribution in [3.63, 3.8) is 0 Å². The molecule has 0 aliphatic rings. The van der Waals surface area contributed by atoms with Crippen molar-refractivity contribution in [3.05, 3.63) is 35.9 Å². The minimum atomic E-state index is -0.570. The molecule has 0 saturated heterocycles. The highest BCUT2D eigenvalue weighted by atomic mass is 16.6. The second kappa shape index (κ2) is 6.44. The summed E-state index contributed by atoms with van der Waals surface area (Å²) in [5.41, 5.74) is 11.6. The van der Waals surface area contributed by atoms with Gasteiger partial charge in [0.2, 0.25) is 0 Å². The van der Waals surface area contributed by atoms with Crippen LogP contribution < -0.4 is 11.5 Å². The van der Waals surface area contributed by atoms with Gasteiger partial charge in [0, 0.05) is 6.42 Å². The van der Waals surface area contributed by atoms with Gasteiger partial charge in [-0.15, -0.1) is 0 Å². The number of aryl methyl sites for hydroxylation is 1. The second-order valence-electron chi connectivity index (χ2n) is 3.31. The molecule has 1 aromatic carbocycles. The van der Waals surface area contributed by atoms with Crippen LogP contribution >= 0.6 is 0 Å². The SMILES string of the molecule is NC(=O)CO/N=C(\N)CCc1ccccc1. The molecule has 0 fully saturated rings. The quantitative estimate of drug-likeness (QED) is 0.413. The highest BCUT2D eigenvalue weighted by molar-refractivity contribution is 5.80. The van der Waals surface area contributed by atoms with E-state index in [2.05, 4.69) is 9.99 Å². The summed E-state index contributed by atoms with van der Waals surface area (Å²) in [7, 11) is 0. The smallest absolute Gasteiger partial charge is 0.258 e. The zero-order chi connectivity index (χ0) is 11.8. The molecule has 86 valence electrons. The first kappa shape index (κ1) is 12.0. The Balaban J connectivity index is 2.29. The Morgan fingerprint density at radius 2 is 1.94 bits per heavy atom. The zero-order valence-electron chi connectivity index (χ0n) is 8.93. The largest absolute Gasteiger partial charge is 0.384 e. The van der Waals surface area contributed by atoms with Crippen LogP contribution in [0, 0.1) is 0 Å². The van der Waals surface area contributed by atoms with E-state index in [0.29, 0.717) is 12.3 Å². The van der Waals surface area contributed by atoms with Crippen LogP contribution in [-0.2, 0) is 16.1 Å². The lowest BCUT2D eigenvalue weighted by atomic mass is 10.1. The first-order chi connectivity index (χ1) is 7.68. The summed E-state index contributed by atoms with van der Waals surface area (Å²) in [6.07, 6.45) is 1.37. The Bertz CT molecular complexity index is 363. The average molecular weight is 221 g/mol. The summed E-state index contributed by atoms with van der Waals surface area (Å²) in [5.74, 6) is -0.218. The zero-order valence-corrected chi connectivity index (χ0v) is 8.93. The molecule has 1 rings (SSSR count). The standard InChI is InChI=1S/C11H15N3O2/c12-10(14-16-8-11(13)15)7-6-9-4-2-1-3-5-9/h1-5H,6-8H2,(H2,12,14)(H2,13,15). The first-order valence-electron chi connectivity index (χ1n) is 4.95. The van der Waals surface area contributed by atoms with Gasteiger partial charge in [-0.3, -0.25) is 4.79 Å². The van der Waals surface area contributed by atoms with Gasteiger partial charge in [-0.05, 0) is 12.0 Å². The topological polar surface area (TPSA) is 90.7 Å². The normalized spacial score (nSPS) is 11.1.